The molecule has 0 aliphatic rings. The van der Waals surface area contributed by atoms with Crippen LogP contribution in [-0.4, -0.2) is 12.6 Å². The van der Waals surface area contributed by atoms with Crippen molar-refractivity contribution in [3.63, 3.8) is 0 Å². The summed E-state index contributed by atoms with van der Waals surface area (Å²) in [6, 6.07) is 17.4. The number of rotatable bonds is 6. The molecule has 2 rings (SSSR count). The maximum atomic E-state index is 11.4. The number of para-hydroxylation sites is 2. The molecule has 0 unspecified atom stereocenters. The zero-order valence-electron chi connectivity index (χ0n) is 11.5. The van der Waals surface area contributed by atoms with Gasteiger partial charge in [-0.2, -0.15) is 0 Å². The van der Waals surface area contributed by atoms with Crippen molar-refractivity contribution < 1.29 is 14.3 Å². The van der Waals surface area contributed by atoms with Crippen molar-refractivity contribution in [2.75, 3.05) is 6.61 Å². The number of hydrogen-bond donors (Lipinski definition) is 0. The Morgan fingerprint density at radius 1 is 1.00 bits per heavy atom. The van der Waals surface area contributed by atoms with E-state index >= 15 is 0 Å². The quantitative estimate of drug-likeness (QED) is 0.745. The summed E-state index contributed by atoms with van der Waals surface area (Å²) in [5.74, 6) is 1.39. The molecule has 0 bridgehead atoms. The first-order valence-corrected chi connectivity index (χ1v) is 6.76. The molecule has 0 aliphatic carbocycles. The van der Waals surface area contributed by atoms with Gasteiger partial charge in [0.2, 0.25) is 0 Å². The van der Waals surface area contributed by atoms with Crippen molar-refractivity contribution >= 4 is 5.97 Å². The Hall–Kier alpha value is -2.29. The van der Waals surface area contributed by atoms with Crippen molar-refractivity contribution in [2.45, 2.75) is 19.8 Å². The largest absolute Gasteiger partial charge is 0.466 e. The minimum absolute atomic E-state index is 0.179. The van der Waals surface area contributed by atoms with E-state index in [-0.39, 0.29) is 5.97 Å². The highest BCUT2D eigenvalue weighted by Gasteiger charge is 2.08. The molecule has 20 heavy (non-hydrogen) atoms. The van der Waals surface area contributed by atoms with Gasteiger partial charge in [0.15, 0.2) is 0 Å². The Kier molecular flexibility index (Phi) is 5.18. The van der Waals surface area contributed by atoms with Crippen LogP contribution >= 0.6 is 0 Å². The molecule has 0 spiro atoms. The second-order valence-corrected chi connectivity index (χ2v) is 4.33. The minimum Gasteiger partial charge on any atom is -0.466 e. The lowest BCUT2D eigenvalue weighted by atomic mass is 10.1. The Balaban J connectivity index is 2.04. The van der Waals surface area contributed by atoms with E-state index in [0.717, 1.165) is 17.1 Å². The number of benzene rings is 2. The molecular weight excluding hydrogens is 252 g/mol. The molecular formula is C17H18O3. The number of aryl methyl sites for hydroxylation is 1. The minimum atomic E-state index is -0.179. The van der Waals surface area contributed by atoms with Gasteiger partial charge in [0.05, 0.1) is 6.61 Å². The van der Waals surface area contributed by atoms with Crippen LogP contribution in [0.1, 0.15) is 18.9 Å². The SMILES string of the molecule is CCOC(=O)CCc1ccccc1Oc1ccccc1. The number of hydrogen-bond acceptors (Lipinski definition) is 3. The van der Waals surface area contributed by atoms with Crippen LogP contribution in [0.2, 0.25) is 0 Å². The lowest BCUT2D eigenvalue weighted by Gasteiger charge is -2.10. The first kappa shape index (κ1) is 14.1. The molecule has 0 saturated carbocycles. The number of esters is 1. The van der Waals surface area contributed by atoms with Gasteiger partial charge in [-0.15, -0.1) is 0 Å². The third kappa shape index (κ3) is 4.12. The van der Waals surface area contributed by atoms with E-state index in [0.29, 0.717) is 19.4 Å². The smallest absolute Gasteiger partial charge is 0.306 e. The first-order valence-electron chi connectivity index (χ1n) is 6.76. The first-order chi connectivity index (χ1) is 9.79. The summed E-state index contributed by atoms with van der Waals surface area (Å²) in [5.41, 5.74) is 1.00. The summed E-state index contributed by atoms with van der Waals surface area (Å²) >= 11 is 0. The predicted octanol–water partition coefficient (Wildman–Crippen LogP) is 3.97. The van der Waals surface area contributed by atoms with Gasteiger partial charge in [0.25, 0.3) is 0 Å². The van der Waals surface area contributed by atoms with E-state index in [1.165, 1.54) is 0 Å². The third-order valence-electron chi connectivity index (χ3n) is 2.85. The molecule has 3 heteroatoms. The van der Waals surface area contributed by atoms with Crippen LogP contribution < -0.4 is 4.74 Å². The van der Waals surface area contributed by atoms with Crippen molar-refractivity contribution in [1.29, 1.82) is 0 Å². The Labute approximate surface area is 119 Å². The summed E-state index contributed by atoms with van der Waals surface area (Å²) in [7, 11) is 0. The zero-order chi connectivity index (χ0) is 14.2. The van der Waals surface area contributed by atoms with Gasteiger partial charge in [0, 0.05) is 6.42 Å². The second-order valence-electron chi connectivity index (χ2n) is 4.33. The fraction of sp³-hybridized carbons (Fsp3) is 0.235. The van der Waals surface area contributed by atoms with E-state index in [4.69, 9.17) is 9.47 Å². The average molecular weight is 270 g/mol. The van der Waals surface area contributed by atoms with E-state index < -0.39 is 0 Å². The van der Waals surface area contributed by atoms with Gasteiger partial charge in [-0.1, -0.05) is 36.4 Å². The maximum absolute atomic E-state index is 11.4. The average Bonchev–Trinajstić information content (AvgIpc) is 2.48. The van der Waals surface area contributed by atoms with Gasteiger partial charge >= 0.3 is 5.97 Å². The molecule has 2 aromatic rings. The standard InChI is InChI=1S/C17H18O3/c1-2-19-17(18)13-12-14-8-6-7-11-16(14)20-15-9-4-3-5-10-15/h3-11H,2,12-13H2,1H3. The Morgan fingerprint density at radius 3 is 2.45 bits per heavy atom. The molecule has 0 N–H and O–H groups in total. The summed E-state index contributed by atoms with van der Waals surface area (Å²) < 4.78 is 10.8. The lowest BCUT2D eigenvalue weighted by Crippen LogP contribution is -2.05. The normalized spacial score (nSPS) is 10.1. The Bertz CT molecular complexity index is 549. The highest BCUT2D eigenvalue weighted by molar-refractivity contribution is 5.69. The van der Waals surface area contributed by atoms with Crippen molar-refractivity contribution in [3.8, 4) is 11.5 Å². The summed E-state index contributed by atoms with van der Waals surface area (Å²) in [6.07, 6.45) is 0.977. The third-order valence-corrected chi connectivity index (χ3v) is 2.85. The van der Waals surface area contributed by atoms with E-state index in [9.17, 15) is 4.79 Å². The van der Waals surface area contributed by atoms with E-state index in [2.05, 4.69) is 0 Å². The summed E-state index contributed by atoms with van der Waals surface area (Å²) in [6.45, 7) is 2.23. The molecule has 2 aromatic carbocycles. The molecule has 0 aliphatic heterocycles. The van der Waals surface area contributed by atoms with Gasteiger partial charge < -0.3 is 9.47 Å². The van der Waals surface area contributed by atoms with Crippen LogP contribution in [-0.2, 0) is 16.0 Å². The van der Waals surface area contributed by atoms with Crippen molar-refractivity contribution in [3.05, 3.63) is 60.2 Å². The molecule has 0 radical (unpaired) electrons. The highest BCUT2D eigenvalue weighted by atomic mass is 16.5. The monoisotopic (exact) mass is 270 g/mol. The number of carbonyl (C=O) groups is 1. The van der Waals surface area contributed by atoms with Crippen LogP contribution in [0.5, 0.6) is 11.5 Å². The number of carbonyl (C=O) groups excluding carboxylic acids is 1. The Morgan fingerprint density at radius 2 is 1.70 bits per heavy atom. The highest BCUT2D eigenvalue weighted by Crippen LogP contribution is 2.25. The van der Waals surface area contributed by atoms with Gasteiger partial charge in [-0.25, -0.2) is 0 Å². The lowest BCUT2D eigenvalue weighted by molar-refractivity contribution is -0.143. The fourth-order valence-electron chi connectivity index (χ4n) is 1.90. The zero-order valence-corrected chi connectivity index (χ0v) is 11.5. The fourth-order valence-corrected chi connectivity index (χ4v) is 1.90. The van der Waals surface area contributed by atoms with Crippen LogP contribution in [0.3, 0.4) is 0 Å². The van der Waals surface area contributed by atoms with E-state index in [1.807, 2.05) is 61.5 Å². The molecule has 0 saturated heterocycles. The van der Waals surface area contributed by atoms with Gasteiger partial charge in [-0.3, -0.25) is 4.79 Å². The molecule has 0 amide bonds. The van der Waals surface area contributed by atoms with Crippen LogP contribution in [0.4, 0.5) is 0 Å². The molecule has 104 valence electrons. The topological polar surface area (TPSA) is 35.5 Å². The molecule has 0 aromatic heterocycles. The van der Waals surface area contributed by atoms with Gasteiger partial charge in [-0.05, 0) is 37.1 Å². The predicted molar refractivity (Wildman–Crippen MR) is 77.9 cm³/mol. The second kappa shape index (κ2) is 7.34. The van der Waals surface area contributed by atoms with Crippen molar-refractivity contribution in [2.24, 2.45) is 0 Å². The van der Waals surface area contributed by atoms with Crippen LogP contribution in [0, 0.1) is 0 Å². The molecule has 0 atom stereocenters. The van der Waals surface area contributed by atoms with Crippen LogP contribution in [0.15, 0.2) is 54.6 Å². The van der Waals surface area contributed by atoms with Gasteiger partial charge in [0.1, 0.15) is 11.5 Å². The summed E-state index contributed by atoms with van der Waals surface area (Å²) in [4.78, 5) is 11.4. The molecule has 0 fully saturated rings. The molecule has 0 heterocycles. The molecule has 3 nitrogen and oxygen atoms in total. The van der Waals surface area contributed by atoms with Crippen molar-refractivity contribution in [1.82, 2.24) is 0 Å². The number of ether oxygens (including phenoxy) is 2. The maximum Gasteiger partial charge on any atom is 0.306 e. The summed E-state index contributed by atoms with van der Waals surface area (Å²) in [5, 5.41) is 0. The van der Waals surface area contributed by atoms with Crippen LogP contribution in [0.25, 0.3) is 0 Å². The van der Waals surface area contributed by atoms with E-state index in [1.54, 1.807) is 0 Å².